The monoisotopic (exact) mass is 536 g/mol. The average molecular weight is 537 g/mol. The SMILES string of the molecule is COc1cc(/C=C2\C(=O)NC(=O)N(c3ccc(OCc4ccccc4)cc3)C2=O)ccc1Cc1ccccc1F. The lowest BCUT2D eigenvalue weighted by Crippen LogP contribution is -2.54. The van der Waals surface area contributed by atoms with Crippen LogP contribution in [0.3, 0.4) is 0 Å². The number of hydrogen-bond acceptors (Lipinski definition) is 5. The molecular weight excluding hydrogens is 511 g/mol. The van der Waals surface area contributed by atoms with Crippen molar-refractivity contribution in [3.8, 4) is 11.5 Å². The first-order valence-corrected chi connectivity index (χ1v) is 12.5. The molecule has 0 bridgehead atoms. The lowest BCUT2D eigenvalue weighted by Gasteiger charge is -2.26. The van der Waals surface area contributed by atoms with E-state index in [9.17, 15) is 18.8 Å². The summed E-state index contributed by atoms with van der Waals surface area (Å²) >= 11 is 0. The number of anilines is 1. The second kappa shape index (κ2) is 11.7. The Morgan fingerprint density at radius 3 is 2.30 bits per heavy atom. The molecule has 4 amide bonds. The third-order valence-electron chi connectivity index (χ3n) is 6.41. The fourth-order valence-corrected chi connectivity index (χ4v) is 4.33. The number of carbonyl (C=O) groups excluding carboxylic acids is 3. The van der Waals surface area contributed by atoms with Crippen LogP contribution in [0, 0.1) is 5.82 Å². The molecular formula is C32H25FN2O5. The standard InChI is InChI=1S/C32H25FN2O5/c1-39-29-18-22(11-12-24(29)19-23-9-5-6-10-28(23)33)17-27-30(36)34-32(38)35(31(27)37)25-13-15-26(16-14-25)40-20-21-7-3-2-4-8-21/h2-18H,19-20H2,1H3,(H,34,36,38)/b27-17+. The molecule has 0 atom stereocenters. The van der Waals surface area contributed by atoms with Gasteiger partial charge in [0.25, 0.3) is 11.8 Å². The van der Waals surface area contributed by atoms with Crippen LogP contribution in [0.5, 0.6) is 11.5 Å². The van der Waals surface area contributed by atoms with Crippen LogP contribution in [0.4, 0.5) is 14.9 Å². The molecule has 0 spiro atoms. The van der Waals surface area contributed by atoms with Crippen LogP contribution in [0.25, 0.3) is 6.08 Å². The summed E-state index contributed by atoms with van der Waals surface area (Å²) in [4.78, 5) is 39.5. The minimum Gasteiger partial charge on any atom is -0.496 e. The van der Waals surface area contributed by atoms with Crippen LogP contribution in [0.2, 0.25) is 0 Å². The largest absolute Gasteiger partial charge is 0.496 e. The van der Waals surface area contributed by atoms with E-state index in [-0.39, 0.29) is 17.1 Å². The molecule has 200 valence electrons. The lowest BCUT2D eigenvalue weighted by molar-refractivity contribution is -0.122. The summed E-state index contributed by atoms with van der Waals surface area (Å²) in [5.41, 5.74) is 2.83. The molecule has 0 aromatic heterocycles. The molecule has 0 aliphatic carbocycles. The summed E-state index contributed by atoms with van der Waals surface area (Å²) in [7, 11) is 1.49. The zero-order valence-corrected chi connectivity index (χ0v) is 21.6. The van der Waals surface area contributed by atoms with E-state index in [0.717, 1.165) is 16.0 Å². The quantitative estimate of drug-likeness (QED) is 0.232. The maximum Gasteiger partial charge on any atom is 0.335 e. The molecule has 0 saturated carbocycles. The van der Waals surface area contributed by atoms with E-state index in [1.54, 1.807) is 60.7 Å². The summed E-state index contributed by atoms with van der Waals surface area (Å²) in [5, 5.41) is 2.22. The number of nitrogens with zero attached hydrogens (tertiary/aromatic N) is 1. The fraction of sp³-hybridized carbons (Fsp3) is 0.0938. The third kappa shape index (κ3) is 5.76. The van der Waals surface area contributed by atoms with E-state index in [1.807, 2.05) is 30.3 Å². The Labute approximate surface area is 230 Å². The van der Waals surface area contributed by atoms with Crippen LogP contribution >= 0.6 is 0 Å². The summed E-state index contributed by atoms with van der Waals surface area (Å²) < 4.78 is 25.4. The molecule has 1 aliphatic heterocycles. The van der Waals surface area contributed by atoms with Crippen molar-refractivity contribution >= 4 is 29.6 Å². The summed E-state index contributed by atoms with van der Waals surface area (Å²) in [5.74, 6) is -0.850. The molecule has 4 aromatic rings. The van der Waals surface area contributed by atoms with Crippen molar-refractivity contribution in [2.75, 3.05) is 12.0 Å². The molecule has 40 heavy (non-hydrogen) atoms. The van der Waals surface area contributed by atoms with Crippen molar-refractivity contribution in [1.82, 2.24) is 5.32 Å². The first kappa shape index (κ1) is 26.4. The zero-order chi connectivity index (χ0) is 28.1. The van der Waals surface area contributed by atoms with Crippen LogP contribution in [0.1, 0.15) is 22.3 Å². The molecule has 1 heterocycles. The Balaban J connectivity index is 1.35. The molecule has 1 saturated heterocycles. The van der Waals surface area contributed by atoms with Gasteiger partial charge in [-0.05, 0) is 64.7 Å². The van der Waals surface area contributed by atoms with Gasteiger partial charge < -0.3 is 9.47 Å². The van der Waals surface area contributed by atoms with Gasteiger partial charge in [-0.2, -0.15) is 0 Å². The smallest absolute Gasteiger partial charge is 0.335 e. The molecule has 1 N–H and O–H groups in total. The number of urea groups is 1. The number of amides is 4. The van der Waals surface area contributed by atoms with Crippen molar-refractivity contribution in [2.45, 2.75) is 13.0 Å². The van der Waals surface area contributed by atoms with Gasteiger partial charge in [0.15, 0.2) is 0 Å². The van der Waals surface area contributed by atoms with Gasteiger partial charge in [0.2, 0.25) is 0 Å². The van der Waals surface area contributed by atoms with Crippen LogP contribution in [-0.2, 0) is 22.6 Å². The molecule has 5 rings (SSSR count). The highest BCUT2D eigenvalue weighted by Crippen LogP contribution is 2.28. The normalized spacial score (nSPS) is 14.3. The second-order valence-electron chi connectivity index (χ2n) is 9.07. The van der Waals surface area contributed by atoms with Crippen LogP contribution in [-0.4, -0.2) is 25.0 Å². The van der Waals surface area contributed by atoms with E-state index < -0.39 is 17.8 Å². The fourth-order valence-electron chi connectivity index (χ4n) is 4.33. The van der Waals surface area contributed by atoms with Gasteiger partial charge >= 0.3 is 6.03 Å². The number of ether oxygens (including phenoxy) is 2. The molecule has 4 aromatic carbocycles. The van der Waals surface area contributed by atoms with E-state index >= 15 is 0 Å². The van der Waals surface area contributed by atoms with Gasteiger partial charge in [0, 0.05) is 6.42 Å². The van der Waals surface area contributed by atoms with E-state index in [4.69, 9.17) is 9.47 Å². The minimum absolute atomic E-state index is 0.215. The highest BCUT2D eigenvalue weighted by molar-refractivity contribution is 6.39. The van der Waals surface area contributed by atoms with Crippen molar-refractivity contribution in [3.63, 3.8) is 0 Å². The van der Waals surface area contributed by atoms with Crippen LogP contribution < -0.4 is 19.7 Å². The van der Waals surface area contributed by atoms with Gasteiger partial charge in [0.05, 0.1) is 12.8 Å². The number of hydrogen-bond donors (Lipinski definition) is 1. The van der Waals surface area contributed by atoms with E-state index in [0.29, 0.717) is 35.7 Å². The maximum absolute atomic E-state index is 14.2. The molecule has 0 unspecified atom stereocenters. The molecule has 0 radical (unpaired) electrons. The average Bonchev–Trinajstić information content (AvgIpc) is 2.97. The highest BCUT2D eigenvalue weighted by atomic mass is 19.1. The van der Waals surface area contributed by atoms with Gasteiger partial charge in [-0.25, -0.2) is 14.1 Å². The lowest BCUT2D eigenvalue weighted by atomic mass is 10.00. The summed E-state index contributed by atoms with van der Waals surface area (Å²) in [6.45, 7) is 0.368. The predicted molar refractivity (Wildman–Crippen MR) is 148 cm³/mol. The molecule has 1 fully saturated rings. The van der Waals surface area contributed by atoms with Gasteiger partial charge in [-0.1, -0.05) is 60.7 Å². The van der Waals surface area contributed by atoms with Crippen LogP contribution in [0.15, 0.2) is 103 Å². The first-order valence-electron chi connectivity index (χ1n) is 12.5. The number of barbiturate groups is 1. The number of nitrogens with one attached hydrogen (secondary N) is 1. The zero-order valence-electron chi connectivity index (χ0n) is 21.6. The molecule has 7 nitrogen and oxygen atoms in total. The Bertz CT molecular complexity index is 1600. The van der Waals surface area contributed by atoms with E-state index in [1.165, 1.54) is 19.3 Å². The number of methoxy groups -OCH3 is 1. The van der Waals surface area contributed by atoms with E-state index in [2.05, 4.69) is 5.32 Å². The van der Waals surface area contributed by atoms with Gasteiger partial charge in [-0.15, -0.1) is 0 Å². The topological polar surface area (TPSA) is 84.9 Å². The Hall–Kier alpha value is -5.24. The number of halogens is 1. The summed E-state index contributed by atoms with van der Waals surface area (Å²) in [6.07, 6.45) is 1.70. The molecule has 1 aliphatic rings. The predicted octanol–water partition coefficient (Wildman–Crippen LogP) is 5.67. The van der Waals surface area contributed by atoms with Crippen molar-refractivity contribution in [3.05, 3.63) is 131 Å². The van der Waals surface area contributed by atoms with Gasteiger partial charge in [-0.3, -0.25) is 14.9 Å². The van der Waals surface area contributed by atoms with Crippen molar-refractivity contribution in [1.29, 1.82) is 0 Å². The minimum atomic E-state index is -0.845. The highest BCUT2D eigenvalue weighted by Gasteiger charge is 2.36. The Morgan fingerprint density at radius 2 is 1.57 bits per heavy atom. The number of carbonyl (C=O) groups is 3. The maximum atomic E-state index is 14.2. The first-order chi connectivity index (χ1) is 19.4. The summed E-state index contributed by atoms with van der Waals surface area (Å²) in [6, 6.07) is 26.8. The number of imide groups is 2. The number of rotatable bonds is 8. The number of benzene rings is 4. The Kier molecular flexibility index (Phi) is 7.68. The Morgan fingerprint density at radius 1 is 0.850 bits per heavy atom. The van der Waals surface area contributed by atoms with Crippen molar-refractivity contribution < 1.29 is 28.2 Å². The molecule has 8 heteroatoms. The van der Waals surface area contributed by atoms with Crippen molar-refractivity contribution in [2.24, 2.45) is 0 Å². The van der Waals surface area contributed by atoms with Gasteiger partial charge in [0.1, 0.15) is 29.5 Å². The third-order valence-corrected chi connectivity index (χ3v) is 6.41. The second-order valence-corrected chi connectivity index (χ2v) is 9.07.